The molecule has 0 saturated carbocycles. The molecule has 1 heterocycles. The highest BCUT2D eigenvalue weighted by Crippen LogP contribution is 2.04. The maximum absolute atomic E-state index is 9.63. The molecule has 0 aliphatic rings. The van der Waals surface area contributed by atoms with Gasteiger partial charge in [-0.05, 0) is 25.0 Å². The summed E-state index contributed by atoms with van der Waals surface area (Å²) in [7, 11) is 0. The zero-order valence-corrected chi connectivity index (χ0v) is 6.79. The largest absolute Gasteiger partial charge is 0.469 e. The fraction of sp³-hybridized carbons (Fsp3) is 0.444. The quantitative estimate of drug-likeness (QED) is 0.605. The monoisotopic (exact) mass is 167 g/mol. The first-order valence-corrected chi connectivity index (χ1v) is 3.95. The van der Waals surface area contributed by atoms with Gasteiger partial charge in [-0.25, -0.2) is 4.79 Å². The van der Waals surface area contributed by atoms with Gasteiger partial charge in [0.05, 0.1) is 12.9 Å². The molecule has 65 valence electrons. The third kappa shape index (κ3) is 3.23. The Morgan fingerprint density at radius 3 is 3.08 bits per heavy atom. The third-order valence-electron chi connectivity index (χ3n) is 1.56. The van der Waals surface area contributed by atoms with E-state index in [9.17, 15) is 4.79 Å². The number of ether oxygens (including phenoxy) is 1. The molecule has 1 radical (unpaired) electrons. The van der Waals surface area contributed by atoms with Crippen molar-refractivity contribution in [2.24, 2.45) is 0 Å². The smallest absolute Gasteiger partial charge is 0.417 e. The van der Waals surface area contributed by atoms with E-state index in [2.05, 4.69) is 4.74 Å². The molecular weight excluding hydrogens is 156 g/mol. The Hall–Kier alpha value is -1.25. The molecule has 0 N–H and O–H groups in total. The lowest BCUT2D eigenvalue weighted by molar-refractivity contribution is 0.269. The van der Waals surface area contributed by atoms with Crippen molar-refractivity contribution in [1.29, 1.82) is 0 Å². The van der Waals surface area contributed by atoms with Gasteiger partial charge in [0.2, 0.25) is 0 Å². The Kier molecular flexibility index (Phi) is 3.98. The van der Waals surface area contributed by atoms with Gasteiger partial charge in [0.1, 0.15) is 5.76 Å². The van der Waals surface area contributed by atoms with E-state index in [1.54, 1.807) is 6.26 Å². The van der Waals surface area contributed by atoms with Crippen molar-refractivity contribution in [3.05, 3.63) is 24.2 Å². The number of rotatable bonds is 6. The van der Waals surface area contributed by atoms with Crippen LogP contribution in [-0.4, -0.2) is 13.1 Å². The molecule has 0 amide bonds. The number of unbranched alkanes of at least 4 members (excludes halogenated alkanes) is 1. The Labute approximate surface area is 71.3 Å². The predicted octanol–water partition coefficient (Wildman–Crippen LogP) is 1.69. The first kappa shape index (κ1) is 8.84. The molecule has 12 heavy (non-hydrogen) atoms. The van der Waals surface area contributed by atoms with Crippen LogP contribution in [-0.2, 0) is 16.0 Å². The van der Waals surface area contributed by atoms with Crippen molar-refractivity contribution in [3.63, 3.8) is 0 Å². The predicted molar refractivity (Wildman–Crippen MR) is 43.3 cm³/mol. The molecule has 0 saturated heterocycles. The second kappa shape index (κ2) is 5.41. The van der Waals surface area contributed by atoms with Gasteiger partial charge in [-0.2, -0.15) is 0 Å². The average molecular weight is 167 g/mol. The lowest BCUT2D eigenvalue weighted by atomic mass is 10.2. The molecule has 0 aliphatic heterocycles. The summed E-state index contributed by atoms with van der Waals surface area (Å²) >= 11 is 0. The van der Waals surface area contributed by atoms with Gasteiger partial charge in [-0.15, -0.1) is 0 Å². The van der Waals surface area contributed by atoms with Crippen LogP contribution in [0.15, 0.2) is 22.8 Å². The summed E-state index contributed by atoms with van der Waals surface area (Å²) in [5.41, 5.74) is 0. The molecule has 1 aromatic heterocycles. The molecule has 3 heteroatoms. The molecule has 0 fully saturated rings. The number of aryl methyl sites for hydroxylation is 1. The van der Waals surface area contributed by atoms with E-state index >= 15 is 0 Å². The van der Waals surface area contributed by atoms with Crippen molar-refractivity contribution < 1.29 is 13.9 Å². The first-order valence-electron chi connectivity index (χ1n) is 3.95. The van der Waals surface area contributed by atoms with E-state index in [1.165, 1.54) is 6.47 Å². The minimum atomic E-state index is 0.449. The molecule has 0 spiro atoms. The zero-order valence-electron chi connectivity index (χ0n) is 6.79. The van der Waals surface area contributed by atoms with Gasteiger partial charge in [0, 0.05) is 6.42 Å². The van der Waals surface area contributed by atoms with Crippen LogP contribution in [0.25, 0.3) is 0 Å². The highest BCUT2D eigenvalue weighted by Gasteiger charge is 1.94. The zero-order chi connectivity index (χ0) is 8.65. The summed E-state index contributed by atoms with van der Waals surface area (Å²) in [6, 6.07) is 3.80. The van der Waals surface area contributed by atoms with Crippen molar-refractivity contribution in [1.82, 2.24) is 0 Å². The summed E-state index contributed by atoms with van der Waals surface area (Å²) in [6.07, 6.45) is 4.38. The maximum Gasteiger partial charge on any atom is 0.417 e. The number of hydrogen-bond donors (Lipinski definition) is 0. The highest BCUT2D eigenvalue weighted by molar-refractivity contribution is 5.37. The van der Waals surface area contributed by atoms with Crippen molar-refractivity contribution in [2.75, 3.05) is 6.61 Å². The lowest BCUT2D eigenvalue weighted by Crippen LogP contribution is -1.92. The summed E-state index contributed by atoms with van der Waals surface area (Å²) in [4.78, 5) is 9.63. The second-order valence-electron chi connectivity index (χ2n) is 2.47. The van der Waals surface area contributed by atoms with Gasteiger partial charge in [0.25, 0.3) is 0 Å². The van der Waals surface area contributed by atoms with E-state index in [1.807, 2.05) is 12.1 Å². The Bertz CT molecular complexity index is 204. The molecule has 0 bridgehead atoms. The SMILES string of the molecule is O=[C]OCCCCc1ccco1. The second-order valence-corrected chi connectivity index (χ2v) is 2.47. The molecule has 0 unspecified atom stereocenters. The molecule has 1 aromatic rings. The summed E-state index contributed by atoms with van der Waals surface area (Å²) < 4.78 is 9.54. The highest BCUT2D eigenvalue weighted by atomic mass is 16.5. The van der Waals surface area contributed by atoms with Crippen LogP contribution in [0, 0.1) is 0 Å². The van der Waals surface area contributed by atoms with Crippen molar-refractivity contribution in [2.45, 2.75) is 19.3 Å². The normalized spacial score (nSPS) is 9.67. The first-order chi connectivity index (χ1) is 5.93. The van der Waals surface area contributed by atoms with Crippen LogP contribution < -0.4 is 0 Å². The summed E-state index contributed by atoms with van der Waals surface area (Å²) in [6.45, 7) is 1.84. The standard InChI is InChI=1S/C9H11O3/c10-8-11-6-2-1-4-9-5-3-7-12-9/h3,5,7H,1-2,4,6H2. The topological polar surface area (TPSA) is 39.4 Å². The van der Waals surface area contributed by atoms with Crippen molar-refractivity contribution in [3.8, 4) is 0 Å². The fourth-order valence-corrected chi connectivity index (χ4v) is 0.970. The summed E-state index contributed by atoms with van der Waals surface area (Å²) in [5, 5.41) is 0. The Balaban J connectivity index is 2.00. The van der Waals surface area contributed by atoms with E-state index in [-0.39, 0.29) is 0 Å². The molecule has 0 atom stereocenters. The van der Waals surface area contributed by atoms with Gasteiger partial charge < -0.3 is 9.15 Å². The lowest BCUT2D eigenvalue weighted by Gasteiger charge is -1.96. The number of furan rings is 1. The van der Waals surface area contributed by atoms with Crippen LogP contribution in [0.2, 0.25) is 0 Å². The number of carbonyl (C=O) groups excluding carboxylic acids is 1. The van der Waals surface area contributed by atoms with Crippen molar-refractivity contribution >= 4 is 6.47 Å². The van der Waals surface area contributed by atoms with E-state index < -0.39 is 0 Å². The third-order valence-corrected chi connectivity index (χ3v) is 1.56. The van der Waals surface area contributed by atoms with Gasteiger partial charge in [0.15, 0.2) is 0 Å². The van der Waals surface area contributed by atoms with E-state index in [4.69, 9.17) is 4.42 Å². The van der Waals surface area contributed by atoms with Gasteiger partial charge in [-0.3, -0.25) is 0 Å². The molecule has 0 aromatic carbocycles. The van der Waals surface area contributed by atoms with Crippen LogP contribution in [0.4, 0.5) is 0 Å². The average Bonchev–Trinajstić information content (AvgIpc) is 2.57. The van der Waals surface area contributed by atoms with Crippen LogP contribution in [0.5, 0.6) is 0 Å². The fourth-order valence-electron chi connectivity index (χ4n) is 0.970. The van der Waals surface area contributed by atoms with Gasteiger partial charge in [-0.1, -0.05) is 0 Å². The molecular formula is C9H11O3. The Morgan fingerprint density at radius 2 is 2.42 bits per heavy atom. The van der Waals surface area contributed by atoms with E-state index in [0.717, 1.165) is 25.0 Å². The molecule has 0 aliphatic carbocycles. The van der Waals surface area contributed by atoms with Crippen LogP contribution >= 0.6 is 0 Å². The molecule has 3 nitrogen and oxygen atoms in total. The minimum Gasteiger partial charge on any atom is -0.469 e. The maximum atomic E-state index is 9.63. The van der Waals surface area contributed by atoms with Gasteiger partial charge >= 0.3 is 6.47 Å². The minimum absolute atomic E-state index is 0.449. The molecule has 1 rings (SSSR count). The summed E-state index contributed by atoms with van der Waals surface area (Å²) in [5.74, 6) is 0.977. The van der Waals surface area contributed by atoms with Crippen LogP contribution in [0.3, 0.4) is 0 Å². The Morgan fingerprint density at radius 1 is 1.50 bits per heavy atom. The van der Waals surface area contributed by atoms with E-state index in [0.29, 0.717) is 6.61 Å². The van der Waals surface area contributed by atoms with Crippen LogP contribution in [0.1, 0.15) is 18.6 Å². The number of hydrogen-bond acceptors (Lipinski definition) is 3.